The van der Waals surface area contributed by atoms with Gasteiger partial charge in [0.1, 0.15) is 0 Å². The lowest BCUT2D eigenvalue weighted by molar-refractivity contribution is -0.116. The molecule has 0 aliphatic carbocycles. The van der Waals surface area contributed by atoms with E-state index in [4.69, 9.17) is 11.6 Å². The van der Waals surface area contributed by atoms with Crippen LogP contribution in [0.1, 0.15) is 31.7 Å². The molecule has 1 aromatic carbocycles. The summed E-state index contributed by atoms with van der Waals surface area (Å²) in [6, 6.07) is 5.50. The Hall–Kier alpha value is -1.40. The summed E-state index contributed by atoms with van der Waals surface area (Å²) in [6.45, 7) is 6.04. The molecule has 0 unspecified atom stereocenters. The Morgan fingerprint density at radius 3 is 2.80 bits per heavy atom. The van der Waals surface area contributed by atoms with Gasteiger partial charge in [-0.2, -0.15) is 11.8 Å². The first-order valence-corrected chi connectivity index (χ1v) is 10.4. The Morgan fingerprint density at radius 2 is 2.08 bits per heavy atom. The number of halogens is 1. The number of hydrogen-bond acceptors (Lipinski definition) is 3. The Bertz CT molecular complexity index is 566. The number of hydrogen-bond donors (Lipinski definition) is 3. The Morgan fingerprint density at radius 1 is 1.28 bits per heavy atom. The third-order valence-corrected chi connectivity index (χ3v) is 4.66. The van der Waals surface area contributed by atoms with Crippen LogP contribution in [0.25, 0.3) is 0 Å². The molecule has 140 valence electrons. The van der Waals surface area contributed by atoms with Crippen molar-refractivity contribution in [1.82, 2.24) is 10.6 Å². The molecule has 0 atom stereocenters. The van der Waals surface area contributed by atoms with Gasteiger partial charge in [0.25, 0.3) is 0 Å². The second-order valence-corrected chi connectivity index (χ2v) is 6.99. The number of unbranched alkanes of at least 4 members (excludes halogenated alkanes) is 1. The van der Waals surface area contributed by atoms with E-state index in [2.05, 4.69) is 27.2 Å². The first-order chi connectivity index (χ1) is 12.1. The number of nitrogens with one attached hydrogen (secondary N) is 3. The Labute approximate surface area is 160 Å². The van der Waals surface area contributed by atoms with E-state index in [0.29, 0.717) is 18.0 Å². The highest BCUT2D eigenvalue weighted by molar-refractivity contribution is 7.98. The van der Waals surface area contributed by atoms with E-state index in [1.165, 1.54) is 12.2 Å². The molecule has 3 N–H and O–H groups in total. The molecular weight excluding hydrogens is 356 g/mol. The highest BCUT2D eigenvalue weighted by Gasteiger charge is 2.07. The van der Waals surface area contributed by atoms with Crippen LogP contribution in [0.5, 0.6) is 0 Å². The van der Waals surface area contributed by atoms with Crippen LogP contribution in [-0.4, -0.2) is 43.5 Å². The van der Waals surface area contributed by atoms with Gasteiger partial charge in [0, 0.05) is 36.8 Å². The monoisotopic (exact) mass is 384 g/mol. The second kappa shape index (κ2) is 12.9. The lowest BCUT2D eigenvalue weighted by Gasteiger charge is -2.12. The van der Waals surface area contributed by atoms with Crippen molar-refractivity contribution >= 4 is 40.9 Å². The maximum Gasteiger partial charge on any atom is 0.226 e. The number of thioether (sulfide) groups is 1. The van der Waals surface area contributed by atoms with Gasteiger partial charge < -0.3 is 16.0 Å². The van der Waals surface area contributed by atoms with Crippen molar-refractivity contribution in [3.63, 3.8) is 0 Å². The van der Waals surface area contributed by atoms with Crippen molar-refractivity contribution in [2.45, 2.75) is 33.1 Å². The number of carbonyl (C=O) groups is 1. The van der Waals surface area contributed by atoms with Gasteiger partial charge >= 0.3 is 0 Å². The molecule has 0 aliphatic rings. The average molecular weight is 385 g/mol. The lowest BCUT2D eigenvalue weighted by Crippen LogP contribution is -2.38. The van der Waals surface area contributed by atoms with Gasteiger partial charge in [0.15, 0.2) is 5.96 Å². The van der Waals surface area contributed by atoms with E-state index in [1.54, 1.807) is 0 Å². The quantitative estimate of drug-likeness (QED) is 0.327. The molecule has 1 aromatic rings. The van der Waals surface area contributed by atoms with E-state index >= 15 is 0 Å². The molecular formula is C18H29ClN4OS. The van der Waals surface area contributed by atoms with Crippen LogP contribution >= 0.6 is 23.4 Å². The van der Waals surface area contributed by atoms with Crippen molar-refractivity contribution in [3.8, 4) is 0 Å². The normalized spacial score (nSPS) is 11.3. The largest absolute Gasteiger partial charge is 0.357 e. The number of carbonyl (C=O) groups excluding carboxylic acids is 1. The van der Waals surface area contributed by atoms with Crippen LogP contribution in [0.4, 0.5) is 5.69 Å². The third kappa shape index (κ3) is 9.02. The topological polar surface area (TPSA) is 65.5 Å². The molecule has 5 nitrogen and oxygen atoms in total. The summed E-state index contributed by atoms with van der Waals surface area (Å²) in [6.07, 6.45) is 4.73. The zero-order chi connectivity index (χ0) is 18.5. The molecule has 0 bridgehead atoms. The summed E-state index contributed by atoms with van der Waals surface area (Å²) >= 11 is 7.93. The van der Waals surface area contributed by atoms with Crippen molar-refractivity contribution in [2.24, 2.45) is 4.99 Å². The van der Waals surface area contributed by atoms with E-state index in [9.17, 15) is 4.79 Å². The third-order valence-electron chi connectivity index (χ3n) is 3.56. The van der Waals surface area contributed by atoms with Crippen LogP contribution in [0, 0.1) is 6.92 Å². The van der Waals surface area contributed by atoms with Gasteiger partial charge in [-0.05, 0) is 56.4 Å². The summed E-state index contributed by atoms with van der Waals surface area (Å²) in [5.74, 6) is 1.88. The van der Waals surface area contributed by atoms with Crippen LogP contribution in [0.2, 0.25) is 5.02 Å². The second-order valence-electron chi connectivity index (χ2n) is 5.60. The van der Waals surface area contributed by atoms with E-state index in [0.717, 1.165) is 36.7 Å². The summed E-state index contributed by atoms with van der Waals surface area (Å²) < 4.78 is 0. The minimum absolute atomic E-state index is 0.0475. The van der Waals surface area contributed by atoms with Gasteiger partial charge in [-0.15, -0.1) is 0 Å². The summed E-state index contributed by atoms with van der Waals surface area (Å²) in [5, 5.41) is 9.95. The van der Waals surface area contributed by atoms with E-state index in [1.807, 2.05) is 43.8 Å². The molecule has 0 saturated carbocycles. The van der Waals surface area contributed by atoms with Crippen molar-refractivity contribution in [3.05, 3.63) is 28.8 Å². The molecule has 25 heavy (non-hydrogen) atoms. The van der Waals surface area contributed by atoms with Gasteiger partial charge in [-0.25, -0.2) is 0 Å². The molecule has 1 amide bonds. The Balaban J connectivity index is 2.37. The predicted molar refractivity (Wildman–Crippen MR) is 111 cm³/mol. The number of anilines is 1. The van der Waals surface area contributed by atoms with Gasteiger partial charge in [0.2, 0.25) is 5.91 Å². The maximum atomic E-state index is 12.1. The van der Waals surface area contributed by atoms with Crippen molar-refractivity contribution in [1.29, 1.82) is 0 Å². The first kappa shape index (κ1) is 21.6. The molecule has 0 fully saturated rings. The lowest BCUT2D eigenvalue weighted by atomic mass is 10.2. The van der Waals surface area contributed by atoms with Crippen LogP contribution in [0.3, 0.4) is 0 Å². The highest BCUT2D eigenvalue weighted by atomic mass is 35.5. The fourth-order valence-corrected chi connectivity index (χ4v) is 2.81. The summed E-state index contributed by atoms with van der Waals surface area (Å²) in [7, 11) is 0. The standard InChI is InChI=1S/C18H29ClN4OS/c1-4-20-18(21-11-5-6-13-25-3)22-12-10-17(24)23-16-9-7-8-15(19)14(16)2/h7-9H,4-6,10-13H2,1-3H3,(H,23,24)(H2,20,21,22). The SMILES string of the molecule is CCNC(=NCCCCSC)NCCC(=O)Nc1cccc(Cl)c1C. The van der Waals surface area contributed by atoms with Crippen LogP contribution < -0.4 is 16.0 Å². The summed E-state index contributed by atoms with van der Waals surface area (Å²) in [4.78, 5) is 16.6. The van der Waals surface area contributed by atoms with Crippen LogP contribution in [0.15, 0.2) is 23.2 Å². The van der Waals surface area contributed by atoms with Gasteiger partial charge in [0.05, 0.1) is 0 Å². The minimum Gasteiger partial charge on any atom is -0.357 e. The average Bonchev–Trinajstić information content (AvgIpc) is 2.58. The zero-order valence-electron chi connectivity index (χ0n) is 15.3. The smallest absolute Gasteiger partial charge is 0.226 e. The minimum atomic E-state index is -0.0475. The molecule has 0 radical (unpaired) electrons. The van der Waals surface area contributed by atoms with Crippen molar-refractivity contribution < 1.29 is 4.79 Å². The number of amides is 1. The van der Waals surface area contributed by atoms with Gasteiger partial charge in [-0.1, -0.05) is 17.7 Å². The number of rotatable bonds is 10. The fourth-order valence-electron chi connectivity index (χ4n) is 2.14. The predicted octanol–water partition coefficient (Wildman–Crippen LogP) is 3.68. The summed E-state index contributed by atoms with van der Waals surface area (Å²) in [5.41, 5.74) is 1.64. The van der Waals surface area contributed by atoms with E-state index < -0.39 is 0 Å². The molecule has 0 spiro atoms. The van der Waals surface area contributed by atoms with Crippen molar-refractivity contribution in [2.75, 3.05) is 37.0 Å². The molecule has 0 heterocycles. The fraction of sp³-hybridized carbons (Fsp3) is 0.556. The molecule has 1 rings (SSSR count). The zero-order valence-corrected chi connectivity index (χ0v) is 16.9. The number of guanidine groups is 1. The highest BCUT2D eigenvalue weighted by Crippen LogP contribution is 2.22. The number of nitrogens with zero attached hydrogens (tertiary/aromatic N) is 1. The van der Waals surface area contributed by atoms with Crippen LogP contribution in [-0.2, 0) is 4.79 Å². The molecule has 0 saturated heterocycles. The molecule has 0 aliphatic heterocycles. The van der Waals surface area contributed by atoms with E-state index in [-0.39, 0.29) is 5.91 Å². The molecule has 7 heteroatoms. The first-order valence-electron chi connectivity index (χ1n) is 8.64. The molecule has 0 aromatic heterocycles. The number of aliphatic imine (C=N–C) groups is 1. The Kier molecular flexibility index (Phi) is 11.2. The number of benzene rings is 1. The maximum absolute atomic E-state index is 12.1. The van der Waals surface area contributed by atoms with Gasteiger partial charge in [-0.3, -0.25) is 9.79 Å².